The van der Waals surface area contributed by atoms with Gasteiger partial charge in [0.25, 0.3) is 5.19 Å². The van der Waals surface area contributed by atoms with Crippen molar-refractivity contribution < 1.29 is 9.53 Å². The molecule has 3 aromatic rings. The number of nitrogens with zero attached hydrogens (tertiary/aromatic N) is 2. The van der Waals surface area contributed by atoms with Gasteiger partial charge >= 0.3 is 0 Å². The molecule has 0 atom stereocenters. The number of benzene rings is 1. The Morgan fingerprint density at radius 3 is 2.92 bits per heavy atom. The number of anilines is 1. The standard InChI is InChI=1S/C18H14ClN3O2S/c1-12-11-25-18(21-12)24-16-6-5-14(9-15(16)19)22-17(23)7-4-13-3-2-8-20-10-13/h2-11H,1H3,(H,22,23)/b7-4+. The van der Waals surface area contributed by atoms with E-state index in [2.05, 4.69) is 15.3 Å². The van der Waals surface area contributed by atoms with Crippen LogP contribution in [0, 0.1) is 6.92 Å². The second kappa shape index (κ2) is 7.92. The predicted octanol–water partition coefficient (Wildman–Crippen LogP) is 4.94. The molecule has 0 spiro atoms. The van der Waals surface area contributed by atoms with E-state index in [0.29, 0.717) is 21.7 Å². The number of hydrogen-bond donors (Lipinski definition) is 1. The molecule has 0 saturated heterocycles. The van der Waals surface area contributed by atoms with Crippen LogP contribution in [0.2, 0.25) is 5.02 Å². The van der Waals surface area contributed by atoms with Gasteiger partial charge in [0, 0.05) is 29.5 Å². The minimum absolute atomic E-state index is 0.260. The molecule has 0 aliphatic rings. The average Bonchev–Trinajstić information content (AvgIpc) is 3.01. The molecular weight excluding hydrogens is 358 g/mol. The number of aryl methyl sites for hydroxylation is 1. The lowest BCUT2D eigenvalue weighted by molar-refractivity contribution is -0.111. The van der Waals surface area contributed by atoms with E-state index >= 15 is 0 Å². The fourth-order valence-corrected chi connectivity index (χ4v) is 2.84. The van der Waals surface area contributed by atoms with Gasteiger partial charge in [0.1, 0.15) is 5.75 Å². The highest BCUT2D eigenvalue weighted by atomic mass is 35.5. The first-order valence-electron chi connectivity index (χ1n) is 7.39. The molecule has 126 valence electrons. The van der Waals surface area contributed by atoms with Crippen LogP contribution in [0.1, 0.15) is 11.3 Å². The SMILES string of the molecule is Cc1csc(Oc2ccc(NC(=O)/C=C/c3cccnc3)cc2Cl)n1. The summed E-state index contributed by atoms with van der Waals surface area (Å²) < 4.78 is 5.64. The smallest absolute Gasteiger partial charge is 0.278 e. The number of ether oxygens (including phenoxy) is 1. The number of thiazole rings is 1. The van der Waals surface area contributed by atoms with Gasteiger partial charge in [-0.3, -0.25) is 9.78 Å². The Morgan fingerprint density at radius 1 is 1.36 bits per heavy atom. The minimum Gasteiger partial charge on any atom is -0.429 e. The highest BCUT2D eigenvalue weighted by Crippen LogP contribution is 2.33. The minimum atomic E-state index is -0.260. The van der Waals surface area contributed by atoms with E-state index in [0.717, 1.165) is 11.3 Å². The third kappa shape index (κ3) is 4.89. The molecule has 2 heterocycles. The molecular formula is C18H14ClN3O2S. The number of nitrogens with one attached hydrogen (secondary N) is 1. The van der Waals surface area contributed by atoms with E-state index in [4.69, 9.17) is 16.3 Å². The third-order valence-corrected chi connectivity index (χ3v) is 4.24. The van der Waals surface area contributed by atoms with Crippen molar-refractivity contribution in [1.82, 2.24) is 9.97 Å². The molecule has 7 heteroatoms. The summed E-state index contributed by atoms with van der Waals surface area (Å²) in [6.07, 6.45) is 6.48. The Morgan fingerprint density at radius 2 is 2.24 bits per heavy atom. The summed E-state index contributed by atoms with van der Waals surface area (Å²) in [6.45, 7) is 1.89. The van der Waals surface area contributed by atoms with Crippen molar-refractivity contribution in [3.05, 3.63) is 70.5 Å². The van der Waals surface area contributed by atoms with Gasteiger partial charge in [-0.05, 0) is 42.8 Å². The molecule has 1 N–H and O–H groups in total. The molecule has 25 heavy (non-hydrogen) atoms. The number of aromatic nitrogens is 2. The summed E-state index contributed by atoms with van der Waals surface area (Å²) in [5, 5.41) is 5.56. The molecule has 3 rings (SSSR count). The molecule has 2 aromatic heterocycles. The Balaban J connectivity index is 1.64. The summed E-state index contributed by atoms with van der Waals surface area (Å²) in [5.74, 6) is 0.226. The summed E-state index contributed by atoms with van der Waals surface area (Å²) in [4.78, 5) is 20.2. The van der Waals surface area contributed by atoms with Gasteiger partial charge < -0.3 is 10.1 Å². The van der Waals surface area contributed by atoms with Crippen LogP contribution in [0.4, 0.5) is 5.69 Å². The third-order valence-electron chi connectivity index (χ3n) is 3.11. The Kier molecular flexibility index (Phi) is 5.42. The molecule has 0 bridgehead atoms. The van der Waals surface area contributed by atoms with E-state index in [1.807, 2.05) is 18.4 Å². The monoisotopic (exact) mass is 371 g/mol. The first-order chi connectivity index (χ1) is 12.1. The maximum absolute atomic E-state index is 12.0. The Labute approximate surface area is 154 Å². The van der Waals surface area contributed by atoms with E-state index in [1.54, 1.807) is 42.7 Å². The van der Waals surface area contributed by atoms with Crippen molar-refractivity contribution in [3.63, 3.8) is 0 Å². The summed E-state index contributed by atoms with van der Waals surface area (Å²) >= 11 is 7.61. The topological polar surface area (TPSA) is 64.1 Å². The largest absolute Gasteiger partial charge is 0.429 e. The second-order valence-electron chi connectivity index (χ2n) is 5.11. The number of carbonyl (C=O) groups excluding carboxylic acids is 1. The fraction of sp³-hybridized carbons (Fsp3) is 0.0556. The van der Waals surface area contributed by atoms with Gasteiger partial charge in [-0.25, -0.2) is 4.98 Å². The van der Waals surface area contributed by atoms with Crippen LogP contribution in [0.3, 0.4) is 0 Å². The van der Waals surface area contributed by atoms with Crippen molar-refractivity contribution in [3.8, 4) is 10.9 Å². The van der Waals surface area contributed by atoms with Crippen molar-refractivity contribution in [2.24, 2.45) is 0 Å². The van der Waals surface area contributed by atoms with Gasteiger partial charge in [-0.15, -0.1) is 0 Å². The highest BCUT2D eigenvalue weighted by Gasteiger charge is 2.08. The predicted molar refractivity (Wildman–Crippen MR) is 100 cm³/mol. The van der Waals surface area contributed by atoms with Crippen molar-refractivity contribution in [2.75, 3.05) is 5.32 Å². The lowest BCUT2D eigenvalue weighted by Gasteiger charge is -2.07. The van der Waals surface area contributed by atoms with Crippen molar-refractivity contribution in [2.45, 2.75) is 6.92 Å². The van der Waals surface area contributed by atoms with E-state index in [-0.39, 0.29) is 5.91 Å². The van der Waals surface area contributed by atoms with E-state index in [1.165, 1.54) is 17.4 Å². The average molecular weight is 372 g/mol. The Bertz CT molecular complexity index is 910. The first-order valence-corrected chi connectivity index (χ1v) is 8.64. The lowest BCUT2D eigenvalue weighted by Crippen LogP contribution is -2.07. The number of rotatable bonds is 5. The number of halogens is 1. The summed E-state index contributed by atoms with van der Waals surface area (Å²) in [6, 6.07) is 8.71. The van der Waals surface area contributed by atoms with Crippen LogP contribution in [0.25, 0.3) is 6.08 Å². The normalized spacial score (nSPS) is 10.8. The Hall–Kier alpha value is -2.70. The maximum atomic E-state index is 12.0. The zero-order valence-electron chi connectivity index (χ0n) is 13.3. The second-order valence-corrected chi connectivity index (χ2v) is 6.34. The first kappa shape index (κ1) is 17.1. The molecule has 0 radical (unpaired) electrons. The molecule has 1 aromatic carbocycles. The van der Waals surface area contributed by atoms with Gasteiger partial charge in [-0.2, -0.15) is 0 Å². The zero-order valence-corrected chi connectivity index (χ0v) is 14.8. The lowest BCUT2D eigenvalue weighted by atomic mass is 10.2. The van der Waals surface area contributed by atoms with Gasteiger partial charge in [0.2, 0.25) is 5.91 Å². The highest BCUT2D eigenvalue weighted by molar-refractivity contribution is 7.11. The van der Waals surface area contributed by atoms with Crippen molar-refractivity contribution >= 4 is 40.6 Å². The van der Waals surface area contributed by atoms with Crippen LogP contribution >= 0.6 is 22.9 Å². The molecule has 0 fully saturated rings. The van der Waals surface area contributed by atoms with Crippen LogP contribution in [-0.4, -0.2) is 15.9 Å². The van der Waals surface area contributed by atoms with Crippen LogP contribution in [-0.2, 0) is 4.79 Å². The number of pyridine rings is 1. The quantitative estimate of drug-likeness (QED) is 0.645. The fourth-order valence-electron chi connectivity index (χ4n) is 1.97. The zero-order chi connectivity index (χ0) is 17.6. The summed E-state index contributed by atoms with van der Waals surface area (Å²) in [5.41, 5.74) is 2.31. The van der Waals surface area contributed by atoms with Crippen molar-refractivity contribution in [1.29, 1.82) is 0 Å². The summed E-state index contributed by atoms with van der Waals surface area (Å²) in [7, 11) is 0. The molecule has 5 nitrogen and oxygen atoms in total. The van der Waals surface area contributed by atoms with Crippen LogP contribution in [0.5, 0.6) is 10.9 Å². The van der Waals surface area contributed by atoms with E-state index < -0.39 is 0 Å². The molecule has 0 saturated carbocycles. The van der Waals surface area contributed by atoms with Gasteiger partial charge in [0.05, 0.1) is 10.7 Å². The molecule has 0 unspecified atom stereocenters. The van der Waals surface area contributed by atoms with Gasteiger partial charge in [-0.1, -0.05) is 29.0 Å². The van der Waals surface area contributed by atoms with Crippen LogP contribution in [0.15, 0.2) is 54.2 Å². The molecule has 0 aliphatic carbocycles. The van der Waals surface area contributed by atoms with Crippen LogP contribution < -0.4 is 10.1 Å². The number of carbonyl (C=O) groups is 1. The van der Waals surface area contributed by atoms with E-state index in [9.17, 15) is 4.79 Å². The van der Waals surface area contributed by atoms with Gasteiger partial charge in [0.15, 0.2) is 0 Å². The number of hydrogen-bond acceptors (Lipinski definition) is 5. The molecule has 1 amide bonds. The number of amides is 1. The molecule has 0 aliphatic heterocycles. The maximum Gasteiger partial charge on any atom is 0.278 e.